The predicted molar refractivity (Wildman–Crippen MR) is 89.3 cm³/mol. The molecule has 21 heavy (non-hydrogen) atoms. The Hall–Kier alpha value is -1.08. The van der Waals surface area contributed by atoms with Crippen LogP contribution < -0.4 is 5.32 Å². The highest BCUT2D eigenvalue weighted by Gasteiger charge is 2.18. The average molecular weight is 357 g/mol. The molecule has 1 amide bonds. The molecule has 2 aromatic heterocycles. The minimum absolute atomic E-state index is 0.140. The summed E-state index contributed by atoms with van der Waals surface area (Å²) in [5.41, 5.74) is 0.489. The summed E-state index contributed by atoms with van der Waals surface area (Å²) in [5, 5.41) is 21.9. The first kappa shape index (κ1) is 16.3. The highest BCUT2D eigenvalue weighted by Crippen LogP contribution is 2.32. The number of anilines is 1. The predicted octanol–water partition coefficient (Wildman–Crippen LogP) is 3.70. The molecule has 0 aliphatic heterocycles. The SMILES string of the molecule is CCSc1nnc(S[C@@H](C)C(=O)Nc2sccc2C#N)s1. The number of hydrogen-bond acceptors (Lipinski definition) is 8. The van der Waals surface area contributed by atoms with Gasteiger partial charge in [0.15, 0.2) is 8.68 Å². The Morgan fingerprint density at radius 2 is 2.29 bits per heavy atom. The van der Waals surface area contributed by atoms with Gasteiger partial charge in [-0.15, -0.1) is 21.5 Å². The van der Waals surface area contributed by atoms with E-state index < -0.39 is 0 Å². The third-order valence-corrected chi connectivity index (χ3v) is 6.28. The number of nitriles is 1. The van der Waals surface area contributed by atoms with Gasteiger partial charge in [-0.3, -0.25) is 4.79 Å². The second kappa shape index (κ2) is 7.79. The van der Waals surface area contributed by atoms with Crippen LogP contribution >= 0.6 is 46.2 Å². The van der Waals surface area contributed by atoms with E-state index >= 15 is 0 Å². The molecule has 0 spiro atoms. The van der Waals surface area contributed by atoms with Gasteiger partial charge >= 0.3 is 0 Å². The number of amides is 1. The topological polar surface area (TPSA) is 78.7 Å². The molecule has 0 fully saturated rings. The molecule has 9 heteroatoms. The molecule has 0 bridgehead atoms. The Morgan fingerprint density at radius 1 is 1.52 bits per heavy atom. The van der Waals surface area contributed by atoms with Crippen molar-refractivity contribution < 1.29 is 4.79 Å². The van der Waals surface area contributed by atoms with Crippen LogP contribution in [0.15, 0.2) is 20.1 Å². The molecule has 0 saturated carbocycles. The highest BCUT2D eigenvalue weighted by atomic mass is 32.2. The van der Waals surface area contributed by atoms with Crippen molar-refractivity contribution in [3.05, 3.63) is 17.0 Å². The number of carbonyl (C=O) groups excluding carboxylic acids is 1. The van der Waals surface area contributed by atoms with Gasteiger partial charge in [-0.05, 0) is 24.1 Å². The van der Waals surface area contributed by atoms with E-state index in [1.807, 2.05) is 6.92 Å². The van der Waals surface area contributed by atoms with Gasteiger partial charge in [0.05, 0.1) is 10.8 Å². The third-order valence-electron chi connectivity index (χ3n) is 2.32. The standard InChI is InChI=1S/C12H12N4OS4/c1-3-18-11-15-16-12(21-11)20-7(2)9(17)14-10-8(6-13)4-5-19-10/h4-5,7H,3H2,1-2H3,(H,14,17)/t7-/m0/s1. The fourth-order valence-corrected chi connectivity index (χ4v) is 5.14. The lowest BCUT2D eigenvalue weighted by Gasteiger charge is -2.08. The lowest BCUT2D eigenvalue weighted by molar-refractivity contribution is -0.115. The van der Waals surface area contributed by atoms with E-state index in [1.54, 1.807) is 23.2 Å². The molecule has 2 rings (SSSR count). The van der Waals surface area contributed by atoms with Crippen molar-refractivity contribution in [1.82, 2.24) is 10.2 Å². The molecule has 0 radical (unpaired) electrons. The van der Waals surface area contributed by atoms with Gasteiger partial charge in [0, 0.05) is 0 Å². The Labute approximate surface area is 139 Å². The van der Waals surface area contributed by atoms with Crippen molar-refractivity contribution in [1.29, 1.82) is 5.26 Å². The van der Waals surface area contributed by atoms with Gasteiger partial charge in [-0.25, -0.2) is 0 Å². The zero-order valence-corrected chi connectivity index (χ0v) is 14.6. The molecule has 0 aromatic carbocycles. The molecule has 110 valence electrons. The van der Waals surface area contributed by atoms with Crippen LogP contribution in [-0.2, 0) is 4.79 Å². The zero-order valence-electron chi connectivity index (χ0n) is 11.3. The van der Waals surface area contributed by atoms with Crippen molar-refractivity contribution in [2.24, 2.45) is 0 Å². The maximum atomic E-state index is 12.1. The molecule has 5 nitrogen and oxygen atoms in total. The maximum absolute atomic E-state index is 12.1. The summed E-state index contributed by atoms with van der Waals surface area (Å²) in [6, 6.07) is 3.74. The monoisotopic (exact) mass is 356 g/mol. The third kappa shape index (κ3) is 4.44. The summed E-state index contributed by atoms with van der Waals surface area (Å²) in [5.74, 6) is 0.809. The van der Waals surface area contributed by atoms with E-state index in [4.69, 9.17) is 5.26 Å². The fourth-order valence-electron chi connectivity index (χ4n) is 1.34. The number of aromatic nitrogens is 2. The van der Waals surface area contributed by atoms with Crippen molar-refractivity contribution in [2.45, 2.75) is 27.8 Å². The van der Waals surface area contributed by atoms with Crippen molar-refractivity contribution in [2.75, 3.05) is 11.1 Å². The first-order chi connectivity index (χ1) is 10.1. The fraction of sp³-hybridized carbons (Fsp3) is 0.333. The average Bonchev–Trinajstić information content (AvgIpc) is 3.08. The summed E-state index contributed by atoms with van der Waals surface area (Å²) in [6.45, 7) is 3.87. The van der Waals surface area contributed by atoms with Crippen LogP contribution in [0.5, 0.6) is 0 Å². The normalized spacial score (nSPS) is 11.9. The molecule has 0 unspecified atom stereocenters. The molecular weight excluding hydrogens is 344 g/mol. The van der Waals surface area contributed by atoms with E-state index in [0.29, 0.717) is 10.6 Å². The highest BCUT2D eigenvalue weighted by molar-refractivity contribution is 8.03. The number of hydrogen-bond donors (Lipinski definition) is 1. The second-order valence-electron chi connectivity index (χ2n) is 3.79. The van der Waals surface area contributed by atoms with Crippen molar-refractivity contribution in [3.8, 4) is 6.07 Å². The summed E-state index contributed by atoms with van der Waals surface area (Å²) < 4.78 is 1.69. The van der Waals surface area contributed by atoms with E-state index in [2.05, 4.69) is 28.5 Å². The quantitative estimate of drug-likeness (QED) is 0.795. The van der Waals surface area contributed by atoms with Crippen molar-refractivity contribution in [3.63, 3.8) is 0 Å². The van der Waals surface area contributed by atoms with Crippen molar-refractivity contribution >= 4 is 57.1 Å². The first-order valence-electron chi connectivity index (χ1n) is 6.05. The lowest BCUT2D eigenvalue weighted by atomic mass is 10.3. The largest absolute Gasteiger partial charge is 0.316 e. The maximum Gasteiger partial charge on any atom is 0.238 e. The lowest BCUT2D eigenvalue weighted by Crippen LogP contribution is -2.22. The van der Waals surface area contributed by atoms with Crippen LogP contribution in [0.3, 0.4) is 0 Å². The van der Waals surface area contributed by atoms with Crippen LogP contribution in [0.4, 0.5) is 5.00 Å². The summed E-state index contributed by atoms with van der Waals surface area (Å²) in [4.78, 5) is 12.1. The molecule has 0 saturated heterocycles. The molecule has 2 aromatic rings. The van der Waals surface area contributed by atoms with Crippen LogP contribution in [0, 0.1) is 11.3 Å². The first-order valence-corrected chi connectivity index (χ1v) is 9.61. The Balaban J connectivity index is 1.94. The molecule has 0 aliphatic carbocycles. The Kier molecular flexibility index (Phi) is 6.05. The molecule has 0 aliphatic rings. The second-order valence-corrected chi connectivity index (χ2v) is 8.78. The van der Waals surface area contributed by atoms with Crippen LogP contribution in [0.2, 0.25) is 0 Å². The number of thiophene rings is 1. The number of thioether (sulfide) groups is 2. The number of nitrogens with zero attached hydrogens (tertiary/aromatic N) is 3. The molecule has 1 N–H and O–H groups in total. The minimum atomic E-state index is -0.300. The van der Waals surface area contributed by atoms with E-state index in [0.717, 1.165) is 14.4 Å². The van der Waals surface area contributed by atoms with Gasteiger partial charge in [0.2, 0.25) is 5.91 Å². The number of rotatable bonds is 6. The Bertz CT molecular complexity index is 660. The molecule has 2 heterocycles. The number of carbonyl (C=O) groups is 1. The minimum Gasteiger partial charge on any atom is -0.316 e. The van der Waals surface area contributed by atoms with Gasteiger partial charge in [-0.1, -0.05) is 41.8 Å². The van der Waals surface area contributed by atoms with Gasteiger partial charge in [-0.2, -0.15) is 5.26 Å². The summed E-state index contributed by atoms with van der Waals surface area (Å²) in [6.07, 6.45) is 0. The van der Waals surface area contributed by atoms with E-state index in [-0.39, 0.29) is 11.2 Å². The van der Waals surface area contributed by atoms with Gasteiger partial charge in [0.25, 0.3) is 0 Å². The molecule has 1 atom stereocenters. The van der Waals surface area contributed by atoms with E-state index in [9.17, 15) is 4.79 Å². The smallest absolute Gasteiger partial charge is 0.238 e. The van der Waals surface area contributed by atoms with Gasteiger partial charge in [0.1, 0.15) is 11.1 Å². The summed E-state index contributed by atoms with van der Waals surface area (Å²) in [7, 11) is 0. The van der Waals surface area contributed by atoms with Crippen LogP contribution in [0.1, 0.15) is 19.4 Å². The van der Waals surface area contributed by atoms with Gasteiger partial charge < -0.3 is 5.32 Å². The molecular formula is C12H12N4OS4. The number of nitrogens with one attached hydrogen (secondary N) is 1. The Morgan fingerprint density at radius 3 is 3.00 bits per heavy atom. The van der Waals surface area contributed by atoms with E-state index in [1.165, 1.54) is 34.4 Å². The zero-order chi connectivity index (χ0) is 15.2. The van der Waals surface area contributed by atoms with Crippen LogP contribution in [-0.4, -0.2) is 27.1 Å². The summed E-state index contributed by atoms with van der Waals surface area (Å²) >= 11 is 5.85. The van der Waals surface area contributed by atoms with Crippen LogP contribution in [0.25, 0.3) is 0 Å².